The van der Waals surface area contributed by atoms with E-state index < -0.39 is 17.9 Å². The Bertz CT molecular complexity index is 462. The summed E-state index contributed by atoms with van der Waals surface area (Å²) in [5.41, 5.74) is 0.483. The summed E-state index contributed by atoms with van der Waals surface area (Å²) in [4.78, 5) is 26.6. The molecule has 0 aliphatic carbocycles. The molecule has 0 bridgehead atoms. The smallest absolute Gasteiger partial charge is 0.305 e. The molecule has 7 nitrogen and oxygen atoms in total. The monoisotopic (exact) mass is 270 g/mol. The van der Waals surface area contributed by atoms with Crippen molar-refractivity contribution < 1.29 is 23.6 Å². The van der Waals surface area contributed by atoms with Crippen LogP contribution in [0.2, 0.25) is 0 Å². The van der Waals surface area contributed by atoms with Crippen LogP contribution >= 0.6 is 0 Å². The maximum atomic E-state index is 12.0. The number of nitrogens with zero attached hydrogens (tertiary/aromatic N) is 2. The number of rotatable bonds is 6. The minimum absolute atomic E-state index is 0.122. The van der Waals surface area contributed by atoms with Crippen molar-refractivity contribution in [2.24, 2.45) is 0 Å². The van der Waals surface area contributed by atoms with Crippen LogP contribution in [0.25, 0.3) is 0 Å². The quantitative estimate of drug-likeness (QED) is 0.723. The molecular weight excluding hydrogens is 250 g/mol. The Morgan fingerprint density at radius 3 is 2.53 bits per heavy atom. The van der Waals surface area contributed by atoms with Crippen LogP contribution in [-0.2, 0) is 4.79 Å². The summed E-state index contributed by atoms with van der Waals surface area (Å²) >= 11 is 0. The summed E-state index contributed by atoms with van der Waals surface area (Å²) in [5, 5.41) is 11.6. The summed E-state index contributed by atoms with van der Waals surface area (Å²) in [6.45, 7) is 2.16. The number of hydrogen-bond acceptors (Lipinski definition) is 4. The molecule has 1 aromatic heterocycles. The average molecular weight is 270 g/mol. The number of oxazole rings is 1. The second kappa shape index (κ2) is 5.83. The summed E-state index contributed by atoms with van der Waals surface area (Å²) in [5.74, 6) is -1.26. The van der Waals surface area contributed by atoms with Crippen LogP contribution < -0.4 is 5.32 Å². The van der Waals surface area contributed by atoms with E-state index in [0.717, 1.165) is 0 Å². The van der Waals surface area contributed by atoms with Gasteiger partial charge in [-0.05, 0) is 6.92 Å². The molecule has 106 valence electrons. The average Bonchev–Trinajstić information content (AvgIpc) is 2.60. The van der Waals surface area contributed by atoms with Crippen molar-refractivity contribution in [3.05, 3.63) is 17.8 Å². The second-order valence-electron chi connectivity index (χ2n) is 5.51. The van der Waals surface area contributed by atoms with Gasteiger partial charge in [0.05, 0.1) is 45.8 Å². The highest BCUT2D eigenvalue weighted by molar-refractivity contribution is 5.92. The van der Waals surface area contributed by atoms with E-state index in [4.69, 9.17) is 9.52 Å². The van der Waals surface area contributed by atoms with E-state index >= 15 is 0 Å². The molecule has 1 heterocycles. The van der Waals surface area contributed by atoms with E-state index in [2.05, 4.69) is 10.3 Å². The van der Waals surface area contributed by atoms with Crippen molar-refractivity contribution in [2.75, 3.05) is 27.7 Å². The fourth-order valence-electron chi connectivity index (χ4n) is 1.80. The maximum absolute atomic E-state index is 12.0. The molecular formula is C12H20N3O4+. The van der Waals surface area contributed by atoms with E-state index in [-0.39, 0.29) is 12.2 Å². The number of carbonyl (C=O) groups is 2. The molecule has 0 aliphatic heterocycles. The Morgan fingerprint density at radius 1 is 1.47 bits per heavy atom. The summed E-state index contributed by atoms with van der Waals surface area (Å²) < 4.78 is 5.54. The third-order valence-corrected chi connectivity index (χ3v) is 2.48. The van der Waals surface area contributed by atoms with Gasteiger partial charge in [-0.2, -0.15) is 0 Å². The number of amides is 1. The Hall–Kier alpha value is -1.89. The summed E-state index contributed by atoms with van der Waals surface area (Å²) in [6.07, 6.45) is 1.06. The van der Waals surface area contributed by atoms with Gasteiger partial charge in [0, 0.05) is 0 Å². The lowest BCUT2D eigenvalue weighted by Crippen LogP contribution is -2.49. The predicted molar refractivity (Wildman–Crippen MR) is 67.6 cm³/mol. The number of carbonyl (C=O) groups excluding carboxylic acids is 1. The van der Waals surface area contributed by atoms with Gasteiger partial charge < -0.3 is 19.3 Å². The zero-order valence-corrected chi connectivity index (χ0v) is 11.6. The van der Waals surface area contributed by atoms with Crippen molar-refractivity contribution in [1.29, 1.82) is 0 Å². The van der Waals surface area contributed by atoms with Crippen LogP contribution in [0.3, 0.4) is 0 Å². The molecule has 1 amide bonds. The van der Waals surface area contributed by atoms with Crippen molar-refractivity contribution in [3.8, 4) is 0 Å². The van der Waals surface area contributed by atoms with Crippen LogP contribution in [0.4, 0.5) is 0 Å². The molecule has 19 heavy (non-hydrogen) atoms. The highest BCUT2D eigenvalue weighted by atomic mass is 16.4. The lowest BCUT2D eigenvalue weighted by molar-refractivity contribution is -0.871. The van der Waals surface area contributed by atoms with Gasteiger partial charge in [-0.25, -0.2) is 4.98 Å². The Balaban J connectivity index is 2.74. The van der Waals surface area contributed by atoms with Crippen molar-refractivity contribution >= 4 is 11.9 Å². The van der Waals surface area contributed by atoms with E-state index in [1.807, 2.05) is 21.1 Å². The number of carboxylic acids is 1. The third kappa shape index (κ3) is 5.09. The van der Waals surface area contributed by atoms with Gasteiger partial charge in [-0.3, -0.25) is 9.59 Å². The second-order valence-corrected chi connectivity index (χ2v) is 5.51. The van der Waals surface area contributed by atoms with E-state index in [9.17, 15) is 9.59 Å². The number of likely N-dealkylation sites (N-methyl/N-ethyl adjacent to an activating group) is 1. The summed E-state index contributed by atoms with van der Waals surface area (Å²) in [6, 6.07) is -0.463. The first-order valence-corrected chi connectivity index (χ1v) is 5.92. The molecule has 0 radical (unpaired) electrons. The molecule has 0 saturated heterocycles. The largest absolute Gasteiger partial charge is 0.481 e. The van der Waals surface area contributed by atoms with Crippen LogP contribution in [-0.4, -0.2) is 60.2 Å². The minimum Gasteiger partial charge on any atom is -0.481 e. The molecule has 0 fully saturated rings. The molecule has 1 aromatic rings. The van der Waals surface area contributed by atoms with Crippen LogP contribution in [0, 0.1) is 6.92 Å². The molecule has 0 aromatic carbocycles. The number of aromatic nitrogens is 1. The molecule has 1 atom stereocenters. The Labute approximate surface area is 111 Å². The number of hydrogen-bond donors (Lipinski definition) is 2. The SMILES string of the molecule is Cc1ncoc1C(=O)N[C@H](CC(=O)O)C[N+](C)(C)C. The molecule has 0 saturated carbocycles. The van der Waals surface area contributed by atoms with E-state index in [1.165, 1.54) is 6.39 Å². The molecule has 0 unspecified atom stereocenters. The van der Waals surface area contributed by atoms with Crippen LogP contribution in [0.1, 0.15) is 22.7 Å². The Kier molecular flexibility index (Phi) is 4.66. The highest BCUT2D eigenvalue weighted by Crippen LogP contribution is 2.07. The fourth-order valence-corrected chi connectivity index (χ4v) is 1.80. The normalized spacial score (nSPS) is 13.1. The van der Waals surface area contributed by atoms with Crippen molar-refractivity contribution in [3.63, 3.8) is 0 Å². The highest BCUT2D eigenvalue weighted by Gasteiger charge is 2.25. The first kappa shape index (κ1) is 15.2. The van der Waals surface area contributed by atoms with E-state index in [1.54, 1.807) is 6.92 Å². The fraction of sp³-hybridized carbons (Fsp3) is 0.583. The number of nitrogens with one attached hydrogen (secondary N) is 1. The lowest BCUT2D eigenvalue weighted by Gasteiger charge is -2.28. The number of carboxylic acid groups (broad SMARTS) is 1. The maximum Gasteiger partial charge on any atom is 0.305 e. The molecule has 0 aliphatic rings. The standard InChI is InChI=1S/C12H19N3O4/c1-8-11(19-7-13-8)12(18)14-9(5-10(16)17)6-15(2,3)4/h7,9H,5-6H2,1-4H3,(H-,14,16,17,18)/p+1/t9-/m1/s1. The van der Waals surface area contributed by atoms with Gasteiger partial charge in [-0.1, -0.05) is 0 Å². The zero-order chi connectivity index (χ0) is 14.6. The van der Waals surface area contributed by atoms with Crippen LogP contribution in [0.15, 0.2) is 10.8 Å². The third-order valence-electron chi connectivity index (χ3n) is 2.48. The zero-order valence-electron chi connectivity index (χ0n) is 11.6. The summed E-state index contributed by atoms with van der Waals surface area (Å²) in [7, 11) is 5.79. The van der Waals surface area contributed by atoms with Crippen LogP contribution in [0.5, 0.6) is 0 Å². The molecule has 7 heteroatoms. The van der Waals surface area contributed by atoms with Gasteiger partial charge in [0.15, 0.2) is 6.39 Å². The first-order chi connectivity index (χ1) is 8.69. The predicted octanol–water partition coefficient (Wildman–Crippen LogP) is 0.262. The first-order valence-electron chi connectivity index (χ1n) is 5.92. The Morgan fingerprint density at radius 2 is 2.11 bits per heavy atom. The van der Waals surface area contributed by atoms with Gasteiger partial charge in [-0.15, -0.1) is 0 Å². The van der Waals surface area contributed by atoms with Crippen molar-refractivity contribution in [1.82, 2.24) is 10.3 Å². The van der Waals surface area contributed by atoms with Gasteiger partial charge >= 0.3 is 5.97 Å². The molecule has 0 spiro atoms. The number of aryl methyl sites for hydroxylation is 1. The van der Waals surface area contributed by atoms with Crippen molar-refractivity contribution in [2.45, 2.75) is 19.4 Å². The van der Waals surface area contributed by atoms with Gasteiger partial charge in [0.1, 0.15) is 0 Å². The molecule has 2 N–H and O–H groups in total. The van der Waals surface area contributed by atoms with E-state index in [0.29, 0.717) is 16.7 Å². The topological polar surface area (TPSA) is 92.4 Å². The number of quaternary nitrogens is 1. The molecule has 1 rings (SSSR count). The van der Waals surface area contributed by atoms with Gasteiger partial charge in [0.2, 0.25) is 5.76 Å². The minimum atomic E-state index is -0.951. The lowest BCUT2D eigenvalue weighted by atomic mass is 10.1. The number of aliphatic carboxylic acids is 1. The van der Waals surface area contributed by atoms with Gasteiger partial charge in [0.25, 0.3) is 5.91 Å².